The lowest BCUT2D eigenvalue weighted by Crippen LogP contribution is -2.35. The molecule has 0 aliphatic rings. The predicted octanol–water partition coefficient (Wildman–Crippen LogP) is 0.660. The molecule has 9 heteroatoms. The van der Waals surface area contributed by atoms with Gasteiger partial charge >= 0.3 is 6.18 Å². The molecular formula is C9H14F3N5O. The van der Waals surface area contributed by atoms with Crippen molar-refractivity contribution in [2.75, 3.05) is 17.3 Å². The van der Waals surface area contributed by atoms with E-state index in [4.69, 9.17) is 10.9 Å². The summed E-state index contributed by atoms with van der Waals surface area (Å²) in [5, 5.41) is 11.3. The molecule has 0 spiro atoms. The summed E-state index contributed by atoms with van der Waals surface area (Å²) in [6.07, 6.45) is -5.48. The number of alkyl halides is 3. The van der Waals surface area contributed by atoms with Crippen molar-refractivity contribution in [2.24, 2.45) is 5.84 Å². The number of aliphatic hydroxyl groups excluding tert-OH is 1. The summed E-state index contributed by atoms with van der Waals surface area (Å²) in [5.74, 6) is 5.76. The van der Waals surface area contributed by atoms with E-state index in [0.717, 1.165) is 6.33 Å². The van der Waals surface area contributed by atoms with Crippen molar-refractivity contribution < 1.29 is 18.3 Å². The Kier molecular flexibility index (Phi) is 4.68. The molecule has 0 bridgehead atoms. The van der Waals surface area contributed by atoms with Crippen LogP contribution in [-0.4, -0.2) is 33.9 Å². The van der Waals surface area contributed by atoms with Crippen LogP contribution in [-0.2, 0) is 6.42 Å². The van der Waals surface area contributed by atoms with Gasteiger partial charge < -0.3 is 15.8 Å². The van der Waals surface area contributed by atoms with Gasteiger partial charge in [-0.3, -0.25) is 0 Å². The second-order valence-electron chi connectivity index (χ2n) is 3.49. The molecule has 1 aromatic heterocycles. The second kappa shape index (κ2) is 5.83. The van der Waals surface area contributed by atoms with Crippen molar-refractivity contribution in [1.82, 2.24) is 9.97 Å². The molecule has 5 N–H and O–H groups in total. The fourth-order valence-electron chi connectivity index (χ4n) is 1.33. The monoisotopic (exact) mass is 265 g/mol. The van der Waals surface area contributed by atoms with E-state index in [0.29, 0.717) is 17.8 Å². The molecular weight excluding hydrogens is 251 g/mol. The highest BCUT2D eigenvalue weighted by Crippen LogP contribution is 2.22. The van der Waals surface area contributed by atoms with Gasteiger partial charge in [-0.05, 0) is 6.42 Å². The average Bonchev–Trinajstić information content (AvgIpc) is 2.33. The Morgan fingerprint density at radius 2 is 2.00 bits per heavy atom. The van der Waals surface area contributed by atoms with Crippen molar-refractivity contribution in [3.05, 3.63) is 11.9 Å². The molecule has 1 aromatic rings. The number of rotatable bonds is 5. The Labute approximate surface area is 101 Å². The first-order chi connectivity index (χ1) is 8.40. The van der Waals surface area contributed by atoms with Crippen LogP contribution in [0.5, 0.6) is 0 Å². The van der Waals surface area contributed by atoms with Crippen molar-refractivity contribution in [1.29, 1.82) is 0 Å². The van der Waals surface area contributed by atoms with Gasteiger partial charge in [-0.2, -0.15) is 13.2 Å². The highest BCUT2D eigenvalue weighted by atomic mass is 19.4. The summed E-state index contributed by atoms with van der Waals surface area (Å²) in [7, 11) is 0. The highest BCUT2D eigenvalue weighted by Gasteiger charge is 2.38. The largest absolute Gasteiger partial charge is 0.416 e. The number of aromatic nitrogens is 2. The number of hydrazine groups is 1. The number of nitrogens with zero attached hydrogens (tertiary/aromatic N) is 2. The molecule has 0 aliphatic heterocycles. The number of aliphatic hydroxyl groups is 1. The van der Waals surface area contributed by atoms with Gasteiger partial charge in [0.1, 0.15) is 18.0 Å². The number of nitrogen functional groups attached to an aromatic ring is 1. The topological polar surface area (TPSA) is 96.1 Å². The van der Waals surface area contributed by atoms with Crippen LogP contribution in [0, 0.1) is 0 Å². The van der Waals surface area contributed by atoms with E-state index >= 15 is 0 Å². The number of anilines is 2. The molecule has 102 valence electrons. The first kappa shape index (κ1) is 14.5. The lowest BCUT2D eigenvalue weighted by molar-refractivity contribution is -0.198. The molecule has 1 unspecified atom stereocenters. The Morgan fingerprint density at radius 3 is 2.50 bits per heavy atom. The van der Waals surface area contributed by atoms with E-state index in [9.17, 15) is 13.2 Å². The molecule has 0 saturated heterocycles. The zero-order valence-corrected chi connectivity index (χ0v) is 9.62. The molecule has 0 radical (unpaired) electrons. The number of halogens is 3. The maximum Gasteiger partial charge on any atom is 0.416 e. The average molecular weight is 265 g/mol. The zero-order valence-electron chi connectivity index (χ0n) is 9.62. The van der Waals surface area contributed by atoms with Crippen LogP contribution in [0.2, 0.25) is 0 Å². The molecule has 0 aromatic carbocycles. The van der Waals surface area contributed by atoms with Gasteiger partial charge in [0.05, 0.1) is 6.54 Å². The molecule has 0 aliphatic carbocycles. The van der Waals surface area contributed by atoms with E-state index in [1.807, 2.05) is 0 Å². The number of nitrogens with two attached hydrogens (primary N) is 1. The van der Waals surface area contributed by atoms with Crippen molar-refractivity contribution in [2.45, 2.75) is 25.6 Å². The van der Waals surface area contributed by atoms with Gasteiger partial charge in [-0.15, -0.1) is 0 Å². The van der Waals surface area contributed by atoms with Crippen LogP contribution in [0.4, 0.5) is 24.8 Å². The summed E-state index contributed by atoms with van der Waals surface area (Å²) in [6, 6.07) is 0. The fraction of sp³-hybridized carbons (Fsp3) is 0.556. The maximum absolute atomic E-state index is 12.1. The smallest absolute Gasteiger partial charge is 0.382 e. The third kappa shape index (κ3) is 3.44. The molecule has 6 nitrogen and oxygen atoms in total. The predicted molar refractivity (Wildman–Crippen MR) is 59.8 cm³/mol. The Morgan fingerprint density at radius 1 is 1.39 bits per heavy atom. The second-order valence-corrected chi connectivity index (χ2v) is 3.49. The molecule has 18 heavy (non-hydrogen) atoms. The third-order valence-electron chi connectivity index (χ3n) is 2.28. The summed E-state index contributed by atoms with van der Waals surface area (Å²) < 4.78 is 36.4. The summed E-state index contributed by atoms with van der Waals surface area (Å²) in [4.78, 5) is 7.65. The van der Waals surface area contributed by atoms with Crippen LogP contribution in [0.15, 0.2) is 6.33 Å². The minimum atomic E-state index is -4.67. The Hall–Kier alpha value is -1.61. The van der Waals surface area contributed by atoms with Gasteiger partial charge in [0.2, 0.25) is 0 Å². The molecule has 0 saturated carbocycles. The SMILES string of the molecule is CCc1c(NN)ncnc1NCC(O)C(F)(F)F. The standard InChI is InChI=1S/C9H14F3N5O/c1-2-5-7(15-4-16-8(5)17-13)14-3-6(18)9(10,11)12/h4,6,18H,2-3,13H2,1H3,(H2,14,15,16,17). The van der Waals surface area contributed by atoms with Crippen LogP contribution in [0.1, 0.15) is 12.5 Å². The van der Waals surface area contributed by atoms with E-state index in [-0.39, 0.29) is 5.82 Å². The zero-order chi connectivity index (χ0) is 13.8. The molecule has 1 atom stereocenters. The molecule has 1 rings (SSSR count). The first-order valence-electron chi connectivity index (χ1n) is 5.19. The van der Waals surface area contributed by atoms with E-state index in [2.05, 4.69) is 20.7 Å². The fourth-order valence-corrected chi connectivity index (χ4v) is 1.33. The Balaban J connectivity index is 2.79. The minimum Gasteiger partial charge on any atom is -0.382 e. The van der Waals surface area contributed by atoms with Gasteiger partial charge in [0.25, 0.3) is 0 Å². The van der Waals surface area contributed by atoms with E-state index in [1.165, 1.54) is 0 Å². The van der Waals surface area contributed by atoms with E-state index < -0.39 is 18.8 Å². The van der Waals surface area contributed by atoms with Crippen LogP contribution in [0.3, 0.4) is 0 Å². The molecule has 0 amide bonds. The molecule has 0 fully saturated rings. The summed E-state index contributed by atoms with van der Waals surface area (Å²) >= 11 is 0. The molecule has 1 heterocycles. The normalized spacial score (nSPS) is 13.2. The van der Waals surface area contributed by atoms with Gasteiger partial charge in [-0.25, -0.2) is 15.8 Å². The number of nitrogens with one attached hydrogen (secondary N) is 2. The van der Waals surface area contributed by atoms with Gasteiger partial charge in [-0.1, -0.05) is 6.92 Å². The number of hydrogen-bond acceptors (Lipinski definition) is 6. The number of hydrogen-bond donors (Lipinski definition) is 4. The third-order valence-corrected chi connectivity index (χ3v) is 2.28. The van der Waals surface area contributed by atoms with Gasteiger partial charge in [0.15, 0.2) is 6.10 Å². The van der Waals surface area contributed by atoms with Crippen molar-refractivity contribution >= 4 is 11.6 Å². The van der Waals surface area contributed by atoms with Gasteiger partial charge in [0, 0.05) is 5.56 Å². The highest BCUT2D eigenvalue weighted by molar-refractivity contribution is 5.56. The quantitative estimate of drug-likeness (QED) is 0.461. The van der Waals surface area contributed by atoms with Crippen LogP contribution < -0.4 is 16.6 Å². The Bertz CT molecular complexity index is 398. The maximum atomic E-state index is 12.1. The van der Waals surface area contributed by atoms with Crippen molar-refractivity contribution in [3.63, 3.8) is 0 Å². The minimum absolute atomic E-state index is 0.212. The lowest BCUT2D eigenvalue weighted by Gasteiger charge is -2.17. The van der Waals surface area contributed by atoms with Crippen LogP contribution in [0.25, 0.3) is 0 Å². The summed E-state index contributed by atoms with van der Waals surface area (Å²) in [5.41, 5.74) is 2.88. The summed E-state index contributed by atoms with van der Waals surface area (Å²) in [6.45, 7) is 1.10. The van der Waals surface area contributed by atoms with E-state index in [1.54, 1.807) is 6.92 Å². The van der Waals surface area contributed by atoms with Crippen molar-refractivity contribution in [3.8, 4) is 0 Å². The first-order valence-corrected chi connectivity index (χ1v) is 5.19. The lowest BCUT2D eigenvalue weighted by atomic mass is 10.2. The van der Waals surface area contributed by atoms with Crippen LogP contribution >= 0.6 is 0 Å².